The molecule has 1 aromatic rings. The van der Waals surface area contributed by atoms with E-state index < -0.39 is 0 Å². The first-order valence-electron chi connectivity index (χ1n) is 12.5. The summed E-state index contributed by atoms with van der Waals surface area (Å²) >= 11 is 0. The molecule has 3 saturated carbocycles. The molecule has 0 spiro atoms. The van der Waals surface area contributed by atoms with Crippen molar-refractivity contribution in [1.29, 1.82) is 0 Å². The van der Waals surface area contributed by atoms with Crippen LogP contribution in [0.1, 0.15) is 83.8 Å². The van der Waals surface area contributed by atoms with Crippen LogP contribution in [0.25, 0.3) is 0 Å². The van der Waals surface area contributed by atoms with Crippen molar-refractivity contribution in [2.24, 2.45) is 45.4 Å². The van der Waals surface area contributed by atoms with Crippen LogP contribution in [0, 0.1) is 34.5 Å². The highest BCUT2D eigenvalue weighted by atomic mass is 16.6. The van der Waals surface area contributed by atoms with Crippen molar-refractivity contribution < 1.29 is 9.25 Å². The molecule has 0 radical (unpaired) electrons. The fourth-order valence-corrected chi connectivity index (χ4v) is 7.73. The van der Waals surface area contributed by atoms with Gasteiger partial charge in [0.2, 0.25) is 0 Å². The second-order valence-electron chi connectivity index (χ2n) is 11.1. The molecule has 0 bridgehead atoms. The van der Waals surface area contributed by atoms with E-state index in [9.17, 15) is 0 Å². The molecule has 1 heterocycles. The Morgan fingerprint density at radius 2 is 2.03 bits per heavy atom. The van der Waals surface area contributed by atoms with Gasteiger partial charge in [-0.2, -0.15) is 0 Å². The molecule has 3 fully saturated rings. The van der Waals surface area contributed by atoms with Crippen LogP contribution in [0.4, 0.5) is 0 Å². The molecule has 1 aromatic heterocycles. The summed E-state index contributed by atoms with van der Waals surface area (Å²) in [6.45, 7) is 8.54. The molecular formula is C26H39N3O2. The van der Waals surface area contributed by atoms with Crippen LogP contribution < -0.4 is 5.73 Å². The van der Waals surface area contributed by atoms with E-state index >= 15 is 0 Å². The normalized spacial score (nSPS) is 40.8. The highest BCUT2D eigenvalue weighted by molar-refractivity contribution is 5.96. The summed E-state index contributed by atoms with van der Waals surface area (Å²) in [5.74, 6) is 5.03. The zero-order valence-electron chi connectivity index (χ0n) is 19.5. The van der Waals surface area contributed by atoms with Gasteiger partial charge >= 0.3 is 0 Å². The molecule has 2 N–H and O–H groups in total. The molecule has 5 nitrogen and oxygen atoms in total. The average Bonchev–Trinajstić information content (AvgIpc) is 3.35. The van der Waals surface area contributed by atoms with E-state index in [1.165, 1.54) is 44.9 Å². The minimum atomic E-state index is 0.367. The second-order valence-corrected chi connectivity index (χ2v) is 11.1. The monoisotopic (exact) mass is 425 g/mol. The van der Waals surface area contributed by atoms with Crippen LogP contribution in [-0.2, 0) is 17.8 Å². The number of rotatable bonds is 5. The van der Waals surface area contributed by atoms with Gasteiger partial charge in [-0.3, -0.25) is 0 Å². The molecule has 0 saturated heterocycles. The van der Waals surface area contributed by atoms with Gasteiger partial charge in [-0.25, -0.2) is 4.98 Å². The number of nitrogens with two attached hydrogens (primary N) is 1. The molecule has 5 heteroatoms. The predicted octanol–water partition coefficient (Wildman–Crippen LogP) is 5.65. The molecule has 5 rings (SSSR count). The fourth-order valence-electron chi connectivity index (χ4n) is 7.73. The average molecular weight is 426 g/mol. The molecule has 0 aromatic carbocycles. The first-order chi connectivity index (χ1) is 14.9. The summed E-state index contributed by atoms with van der Waals surface area (Å²) in [5.41, 5.74) is 9.27. The second kappa shape index (κ2) is 8.06. The summed E-state index contributed by atoms with van der Waals surface area (Å²) < 4.78 is 5.53. The number of hydrogen-bond donors (Lipinski definition) is 1. The number of allylic oxidation sites excluding steroid dienone is 2. The third-order valence-corrected chi connectivity index (χ3v) is 9.84. The lowest BCUT2D eigenvalue weighted by Crippen LogP contribution is -2.50. The van der Waals surface area contributed by atoms with Crippen LogP contribution in [0.15, 0.2) is 27.4 Å². The van der Waals surface area contributed by atoms with Crippen molar-refractivity contribution in [3.05, 3.63) is 29.5 Å². The van der Waals surface area contributed by atoms with Gasteiger partial charge in [0.05, 0.1) is 24.9 Å². The van der Waals surface area contributed by atoms with Crippen LogP contribution in [0.2, 0.25) is 0 Å². The molecule has 0 amide bonds. The summed E-state index contributed by atoms with van der Waals surface area (Å²) in [7, 11) is 0. The van der Waals surface area contributed by atoms with Gasteiger partial charge in [-0.15, -0.1) is 0 Å². The highest BCUT2D eigenvalue weighted by Crippen LogP contribution is 2.66. The lowest BCUT2D eigenvalue weighted by Gasteiger charge is -2.58. The number of hydrogen-bond acceptors (Lipinski definition) is 5. The number of fused-ring (bicyclic) bond motifs is 5. The summed E-state index contributed by atoms with van der Waals surface area (Å²) in [6.07, 6.45) is 15.3. The van der Waals surface area contributed by atoms with Gasteiger partial charge < -0.3 is 15.0 Å². The Morgan fingerprint density at radius 3 is 2.84 bits per heavy atom. The van der Waals surface area contributed by atoms with Gasteiger partial charge in [0, 0.05) is 0 Å². The summed E-state index contributed by atoms with van der Waals surface area (Å²) in [6, 6.07) is 0. The van der Waals surface area contributed by atoms with E-state index in [4.69, 9.17) is 15.0 Å². The van der Waals surface area contributed by atoms with E-state index in [1.54, 1.807) is 11.8 Å². The molecule has 3 unspecified atom stereocenters. The van der Waals surface area contributed by atoms with Crippen LogP contribution in [0.5, 0.6) is 0 Å². The summed E-state index contributed by atoms with van der Waals surface area (Å²) in [5, 5.41) is 4.47. The molecule has 4 aliphatic rings. The molecule has 4 aliphatic carbocycles. The van der Waals surface area contributed by atoms with Crippen LogP contribution in [-0.4, -0.2) is 17.3 Å². The van der Waals surface area contributed by atoms with E-state index in [0.29, 0.717) is 42.1 Å². The van der Waals surface area contributed by atoms with Gasteiger partial charge in [0.25, 0.3) is 0 Å². The van der Waals surface area contributed by atoms with Crippen molar-refractivity contribution in [3.63, 3.8) is 0 Å². The van der Waals surface area contributed by atoms with Crippen molar-refractivity contribution in [1.82, 2.24) is 4.98 Å². The van der Waals surface area contributed by atoms with E-state index in [2.05, 4.69) is 37.0 Å². The number of aromatic nitrogens is 1. The van der Waals surface area contributed by atoms with Gasteiger partial charge in [-0.1, -0.05) is 31.5 Å². The van der Waals surface area contributed by atoms with Gasteiger partial charge in [-0.05, 0) is 91.9 Å². The number of nitrogens with zero attached hydrogens (tertiary/aromatic N) is 2. The van der Waals surface area contributed by atoms with Crippen molar-refractivity contribution in [2.45, 2.75) is 85.1 Å². The van der Waals surface area contributed by atoms with Crippen LogP contribution in [0.3, 0.4) is 0 Å². The van der Waals surface area contributed by atoms with Crippen molar-refractivity contribution >= 4 is 5.71 Å². The standard InChI is InChI=1S/C26H39N3O2/c1-17-4-7-22-21-6-5-18-14-19(29-30-13-10-24-28-16-20(15-27)31-24)8-11-26(18,3)23(21)9-12-25(17,22)2/h14,16-17,21-23H,4-13,15,27H2,1-3H3/t17-,21?,22?,23?,25+,26-/m0/s1. The Balaban J connectivity index is 1.24. The fraction of sp³-hybridized carbons (Fsp3) is 0.769. The first kappa shape index (κ1) is 21.2. The number of oxazole rings is 1. The lowest BCUT2D eigenvalue weighted by atomic mass is 9.47. The minimum Gasteiger partial charge on any atom is -0.444 e. The molecule has 0 aliphatic heterocycles. The SMILES string of the molecule is C[C@H]1CCC2C3CCC4=CC(=NOCCc5ncc(CN)o5)CC[C@]4(C)C3CC[C@@]21C. The first-order valence-corrected chi connectivity index (χ1v) is 12.5. The Kier molecular flexibility index (Phi) is 5.52. The van der Waals surface area contributed by atoms with Crippen molar-refractivity contribution in [3.8, 4) is 0 Å². The zero-order valence-corrected chi connectivity index (χ0v) is 19.5. The Labute approximate surface area is 186 Å². The number of oxime groups is 1. The third-order valence-electron chi connectivity index (χ3n) is 9.84. The molecular weight excluding hydrogens is 386 g/mol. The lowest BCUT2D eigenvalue weighted by molar-refractivity contribution is -0.0465. The molecule has 6 atom stereocenters. The Morgan fingerprint density at radius 1 is 1.16 bits per heavy atom. The quantitative estimate of drug-likeness (QED) is 0.489. The highest BCUT2D eigenvalue weighted by Gasteiger charge is 2.57. The maximum atomic E-state index is 5.63. The third kappa shape index (κ3) is 3.57. The molecule has 170 valence electrons. The van der Waals surface area contributed by atoms with Gasteiger partial charge in [0.1, 0.15) is 12.4 Å². The Bertz CT molecular complexity index is 874. The van der Waals surface area contributed by atoms with Gasteiger partial charge in [0.15, 0.2) is 5.89 Å². The maximum absolute atomic E-state index is 5.63. The predicted molar refractivity (Wildman–Crippen MR) is 122 cm³/mol. The topological polar surface area (TPSA) is 73.6 Å². The minimum absolute atomic E-state index is 0.367. The smallest absolute Gasteiger partial charge is 0.197 e. The maximum Gasteiger partial charge on any atom is 0.197 e. The van der Waals surface area contributed by atoms with E-state index in [-0.39, 0.29) is 0 Å². The zero-order chi connectivity index (χ0) is 21.6. The van der Waals surface area contributed by atoms with Crippen molar-refractivity contribution in [2.75, 3.05) is 6.61 Å². The summed E-state index contributed by atoms with van der Waals surface area (Å²) in [4.78, 5) is 9.85. The largest absolute Gasteiger partial charge is 0.444 e. The van der Waals surface area contributed by atoms with E-state index in [0.717, 1.165) is 35.8 Å². The van der Waals surface area contributed by atoms with Crippen LogP contribution >= 0.6 is 0 Å². The van der Waals surface area contributed by atoms with E-state index in [1.807, 2.05) is 0 Å². The molecule has 31 heavy (non-hydrogen) atoms. The Hall–Kier alpha value is -1.62.